The van der Waals surface area contributed by atoms with Crippen LogP contribution in [0.15, 0.2) is 12.7 Å². The lowest BCUT2D eigenvalue weighted by Gasteiger charge is -2.19. The molecule has 0 unspecified atom stereocenters. The minimum absolute atomic E-state index is 0.382. The SMILES string of the molecule is C=CCOCCOCCOCCOCCOCCOCCOCCOCCOCCOCCOCCOCCNC(=O)OC(C)(C)C. The van der Waals surface area contributed by atoms with Crippen LogP contribution in [0, 0.1) is 0 Å². The highest BCUT2D eigenvalue weighted by Gasteiger charge is 2.15. The van der Waals surface area contributed by atoms with Gasteiger partial charge in [0.15, 0.2) is 0 Å². The Morgan fingerprint density at radius 2 is 0.681 bits per heavy atom. The molecule has 0 rings (SSSR count). The second kappa shape index (κ2) is 37.4. The predicted molar refractivity (Wildman–Crippen MR) is 174 cm³/mol. The van der Waals surface area contributed by atoms with Gasteiger partial charge in [-0.25, -0.2) is 4.79 Å². The van der Waals surface area contributed by atoms with Crippen LogP contribution in [-0.4, -0.2) is 177 Å². The fourth-order valence-corrected chi connectivity index (χ4v) is 3.13. The van der Waals surface area contributed by atoms with E-state index in [1.54, 1.807) is 6.08 Å². The average molecular weight is 686 g/mol. The third kappa shape index (κ3) is 42.5. The van der Waals surface area contributed by atoms with Gasteiger partial charge in [0.1, 0.15) is 5.60 Å². The summed E-state index contributed by atoms with van der Waals surface area (Å²) in [6.45, 7) is 21.4. The Balaban J connectivity index is 3.09. The number of rotatable bonds is 38. The maximum Gasteiger partial charge on any atom is 0.407 e. The maximum atomic E-state index is 11.5. The van der Waals surface area contributed by atoms with E-state index in [0.29, 0.717) is 165 Å². The van der Waals surface area contributed by atoms with E-state index in [2.05, 4.69) is 11.9 Å². The van der Waals surface area contributed by atoms with E-state index < -0.39 is 11.7 Å². The molecule has 0 aromatic rings. The number of hydrogen-bond donors (Lipinski definition) is 1. The van der Waals surface area contributed by atoms with Crippen LogP contribution >= 0.6 is 0 Å². The van der Waals surface area contributed by atoms with E-state index in [-0.39, 0.29) is 0 Å². The molecule has 0 aromatic carbocycles. The summed E-state index contributed by atoms with van der Waals surface area (Å²) in [4.78, 5) is 11.5. The Morgan fingerprint density at radius 1 is 0.447 bits per heavy atom. The summed E-state index contributed by atoms with van der Waals surface area (Å²) in [5.74, 6) is 0. The zero-order valence-corrected chi connectivity index (χ0v) is 29.2. The molecule has 280 valence electrons. The summed E-state index contributed by atoms with van der Waals surface area (Å²) in [6, 6.07) is 0. The molecule has 0 aliphatic heterocycles. The zero-order chi connectivity index (χ0) is 34.4. The van der Waals surface area contributed by atoms with E-state index in [0.717, 1.165) is 0 Å². The Bertz CT molecular complexity index is 654. The van der Waals surface area contributed by atoms with Crippen molar-refractivity contribution in [2.45, 2.75) is 26.4 Å². The summed E-state index contributed by atoms with van der Waals surface area (Å²) in [5.41, 5.74) is -0.512. The van der Waals surface area contributed by atoms with E-state index >= 15 is 0 Å². The molecule has 1 N–H and O–H groups in total. The first-order valence-electron chi connectivity index (χ1n) is 16.5. The Labute approximate surface area is 282 Å². The largest absolute Gasteiger partial charge is 0.444 e. The van der Waals surface area contributed by atoms with Crippen molar-refractivity contribution in [3.05, 3.63) is 12.7 Å². The number of alkyl carbamates (subject to hydrolysis) is 1. The van der Waals surface area contributed by atoms with Crippen molar-refractivity contribution in [1.82, 2.24) is 5.32 Å². The molecule has 15 nitrogen and oxygen atoms in total. The van der Waals surface area contributed by atoms with Crippen molar-refractivity contribution < 1.29 is 66.4 Å². The molecule has 0 heterocycles. The Hall–Kier alpha value is -1.47. The average Bonchev–Trinajstić information content (AvgIpc) is 3.03. The van der Waals surface area contributed by atoms with Gasteiger partial charge in [0, 0.05) is 6.54 Å². The number of ether oxygens (including phenoxy) is 13. The topological polar surface area (TPSA) is 149 Å². The summed E-state index contributed by atoms with van der Waals surface area (Å²) in [5, 5.41) is 2.63. The van der Waals surface area contributed by atoms with Crippen LogP contribution in [0.3, 0.4) is 0 Å². The molecule has 0 saturated heterocycles. The molecule has 47 heavy (non-hydrogen) atoms. The van der Waals surface area contributed by atoms with Gasteiger partial charge in [0.2, 0.25) is 0 Å². The van der Waals surface area contributed by atoms with E-state index in [4.69, 9.17) is 61.6 Å². The van der Waals surface area contributed by atoms with Crippen molar-refractivity contribution in [2.24, 2.45) is 0 Å². The van der Waals surface area contributed by atoms with Gasteiger partial charge < -0.3 is 66.9 Å². The number of carbonyl (C=O) groups excluding carboxylic acids is 1. The Morgan fingerprint density at radius 3 is 0.915 bits per heavy atom. The molecular formula is C32H63NO14. The van der Waals surface area contributed by atoms with Gasteiger partial charge in [-0.15, -0.1) is 6.58 Å². The van der Waals surface area contributed by atoms with Crippen LogP contribution in [0.2, 0.25) is 0 Å². The molecule has 0 atom stereocenters. The molecule has 0 radical (unpaired) electrons. The van der Waals surface area contributed by atoms with Gasteiger partial charge in [-0.05, 0) is 20.8 Å². The molecule has 0 spiro atoms. The smallest absolute Gasteiger partial charge is 0.407 e. The molecule has 0 saturated carbocycles. The lowest BCUT2D eigenvalue weighted by Crippen LogP contribution is -2.34. The van der Waals surface area contributed by atoms with Crippen molar-refractivity contribution >= 4 is 6.09 Å². The number of amides is 1. The molecule has 0 aromatic heterocycles. The lowest BCUT2D eigenvalue weighted by atomic mass is 10.2. The third-order valence-electron chi connectivity index (χ3n) is 5.24. The first-order chi connectivity index (χ1) is 23.0. The quantitative estimate of drug-likeness (QED) is 0.0745. The predicted octanol–water partition coefficient (Wildman–Crippen LogP) is 1.90. The van der Waals surface area contributed by atoms with Gasteiger partial charge in [-0.1, -0.05) is 6.08 Å². The van der Waals surface area contributed by atoms with Crippen LogP contribution in [-0.2, 0) is 61.6 Å². The van der Waals surface area contributed by atoms with Gasteiger partial charge in [-0.3, -0.25) is 0 Å². The number of nitrogens with one attached hydrogen (secondary N) is 1. The monoisotopic (exact) mass is 685 g/mol. The molecule has 15 heteroatoms. The van der Waals surface area contributed by atoms with Crippen molar-refractivity contribution in [1.29, 1.82) is 0 Å². The second-order valence-corrected chi connectivity index (χ2v) is 10.5. The molecule has 0 aliphatic rings. The lowest BCUT2D eigenvalue weighted by molar-refractivity contribution is -0.0281. The summed E-state index contributed by atoms with van der Waals surface area (Å²) in [7, 11) is 0. The summed E-state index contributed by atoms with van der Waals surface area (Å²) >= 11 is 0. The highest BCUT2D eigenvalue weighted by molar-refractivity contribution is 5.67. The number of carbonyl (C=O) groups is 1. The van der Waals surface area contributed by atoms with Crippen molar-refractivity contribution in [3.8, 4) is 0 Å². The number of hydrogen-bond acceptors (Lipinski definition) is 14. The van der Waals surface area contributed by atoms with Crippen LogP contribution in [0.1, 0.15) is 20.8 Å². The summed E-state index contributed by atoms with van der Waals surface area (Å²) < 4.78 is 70.2. The zero-order valence-electron chi connectivity index (χ0n) is 29.2. The highest BCUT2D eigenvalue weighted by atomic mass is 16.6. The maximum absolute atomic E-state index is 11.5. The molecule has 1 amide bonds. The fraction of sp³-hybridized carbons (Fsp3) is 0.906. The summed E-state index contributed by atoms with van der Waals surface area (Å²) in [6.07, 6.45) is 1.26. The van der Waals surface area contributed by atoms with Gasteiger partial charge >= 0.3 is 6.09 Å². The first kappa shape index (κ1) is 45.5. The third-order valence-corrected chi connectivity index (χ3v) is 5.24. The van der Waals surface area contributed by atoms with Crippen LogP contribution < -0.4 is 5.32 Å². The Kier molecular flexibility index (Phi) is 36.2. The fourth-order valence-electron chi connectivity index (χ4n) is 3.13. The van der Waals surface area contributed by atoms with Gasteiger partial charge in [0.25, 0.3) is 0 Å². The molecule has 0 fully saturated rings. The van der Waals surface area contributed by atoms with E-state index in [1.807, 2.05) is 20.8 Å². The normalized spacial score (nSPS) is 11.6. The van der Waals surface area contributed by atoms with Crippen molar-refractivity contribution in [2.75, 3.05) is 165 Å². The van der Waals surface area contributed by atoms with Gasteiger partial charge in [0.05, 0.1) is 159 Å². The molecule has 0 aliphatic carbocycles. The minimum Gasteiger partial charge on any atom is -0.444 e. The second-order valence-electron chi connectivity index (χ2n) is 10.5. The van der Waals surface area contributed by atoms with E-state index in [9.17, 15) is 4.79 Å². The molecular weight excluding hydrogens is 622 g/mol. The van der Waals surface area contributed by atoms with E-state index in [1.165, 1.54) is 0 Å². The van der Waals surface area contributed by atoms with Crippen LogP contribution in [0.25, 0.3) is 0 Å². The molecule has 0 bridgehead atoms. The van der Waals surface area contributed by atoms with Gasteiger partial charge in [-0.2, -0.15) is 0 Å². The van der Waals surface area contributed by atoms with Crippen LogP contribution in [0.5, 0.6) is 0 Å². The minimum atomic E-state index is -0.512. The highest BCUT2D eigenvalue weighted by Crippen LogP contribution is 2.06. The van der Waals surface area contributed by atoms with Crippen molar-refractivity contribution in [3.63, 3.8) is 0 Å². The van der Waals surface area contributed by atoms with Crippen LogP contribution in [0.4, 0.5) is 4.79 Å². The first-order valence-corrected chi connectivity index (χ1v) is 16.5. The standard InChI is InChI=1S/C32H63NO14/c1-5-7-35-9-11-37-13-15-39-17-19-41-21-23-43-25-27-45-29-30-46-28-26-44-24-22-42-20-18-40-16-14-38-12-10-36-8-6-33-31(34)47-32(2,3)4/h5H,1,6-30H2,2-4H3,(H,33,34).